The number of hydrogen-bond donors (Lipinski definition) is 2. The Bertz CT molecular complexity index is 557. The molecule has 3 rings (SSSR count). The van der Waals surface area contributed by atoms with Crippen molar-refractivity contribution in [3.05, 3.63) is 35.9 Å². The predicted molar refractivity (Wildman–Crippen MR) is 111 cm³/mol. The number of hydrogen-bond acceptors (Lipinski definition) is 2. The molecule has 0 spiro atoms. The molecule has 0 unspecified atom stereocenters. The molecule has 1 aromatic rings. The summed E-state index contributed by atoms with van der Waals surface area (Å²) in [5.74, 6) is 1.00. The van der Waals surface area contributed by atoms with Crippen LogP contribution < -0.4 is 10.6 Å². The topological polar surface area (TPSA) is 39.7 Å². The fraction of sp³-hybridized carbons (Fsp3) is 0.682. The molecule has 0 amide bonds. The minimum absolute atomic E-state index is 0.258. The van der Waals surface area contributed by atoms with Gasteiger partial charge in [0.2, 0.25) is 0 Å². The normalized spacial score (nSPS) is 21.2. The maximum atomic E-state index is 5.01. The van der Waals surface area contributed by atoms with E-state index in [9.17, 15) is 0 Å². The molecule has 1 saturated carbocycles. The van der Waals surface area contributed by atoms with Gasteiger partial charge in [-0.1, -0.05) is 43.7 Å². The van der Waals surface area contributed by atoms with Crippen LogP contribution in [0.15, 0.2) is 35.3 Å². The van der Waals surface area contributed by atoms with Crippen molar-refractivity contribution in [1.82, 2.24) is 15.5 Å². The first-order valence-electron chi connectivity index (χ1n) is 10.6. The van der Waals surface area contributed by atoms with Crippen molar-refractivity contribution in [2.24, 2.45) is 4.99 Å². The number of piperidine rings is 1. The lowest BCUT2D eigenvalue weighted by Gasteiger charge is -2.41. The van der Waals surface area contributed by atoms with Crippen molar-refractivity contribution in [3.63, 3.8) is 0 Å². The van der Waals surface area contributed by atoms with Crippen LogP contribution in [0.25, 0.3) is 0 Å². The van der Waals surface area contributed by atoms with E-state index in [2.05, 4.69) is 59.7 Å². The molecule has 1 saturated heterocycles. The van der Waals surface area contributed by atoms with E-state index >= 15 is 0 Å². The monoisotopic (exact) mass is 356 g/mol. The van der Waals surface area contributed by atoms with Gasteiger partial charge in [-0.25, -0.2) is 0 Å². The van der Waals surface area contributed by atoms with E-state index in [4.69, 9.17) is 4.99 Å². The Hall–Kier alpha value is -1.55. The van der Waals surface area contributed by atoms with E-state index in [0.29, 0.717) is 6.04 Å². The summed E-state index contributed by atoms with van der Waals surface area (Å²) in [5, 5.41) is 7.17. The number of likely N-dealkylation sites (tertiary alicyclic amines) is 1. The highest BCUT2D eigenvalue weighted by molar-refractivity contribution is 5.80. The summed E-state index contributed by atoms with van der Waals surface area (Å²) in [5.41, 5.74) is 1.72. The van der Waals surface area contributed by atoms with E-state index < -0.39 is 0 Å². The summed E-state index contributed by atoms with van der Waals surface area (Å²) < 4.78 is 0. The van der Waals surface area contributed by atoms with Crippen LogP contribution >= 0.6 is 0 Å². The molecule has 1 heterocycles. The minimum Gasteiger partial charge on any atom is -0.357 e. The second-order valence-electron chi connectivity index (χ2n) is 7.96. The molecule has 1 aromatic carbocycles. The summed E-state index contributed by atoms with van der Waals surface area (Å²) in [6, 6.07) is 11.5. The number of aliphatic imine (C=N–C) groups is 1. The highest BCUT2D eigenvalue weighted by Gasteiger charge is 2.38. The highest BCUT2D eigenvalue weighted by atomic mass is 15.2. The number of rotatable bonds is 7. The Kier molecular flexibility index (Phi) is 6.95. The third-order valence-electron chi connectivity index (χ3n) is 6.05. The molecule has 1 aliphatic heterocycles. The number of nitrogens with one attached hydrogen (secondary N) is 2. The van der Waals surface area contributed by atoms with Crippen molar-refractivity contribution in [3.8, 4) is 0 Å². The van der Waals surface area contributed by atoms with Gasteiger partial charge in [-0.15, -0.1) is 0 Å². The van der Waals surface area contributed by atoms with Gasteiger partial charge in [-0.05, 0) is 51.1 Å². The molecule has 144 valence electrons. The Morgan fingerprint density at radius 2 is 1.88 bits per heavy atom. The van der Waals surface area contributed by atoms with E-state index in [1.165, 1.54) is 63.7 Å². The first-order chi connectivity index (χ1) is 12.8. The summed E-state index contributed by atoms with van der Waals surface area (Å²) in [4.78, 5) is 7.60. The lowest BCUT2D eigenvalue weighted by Crippen LogP contribution is -2.49. The third-order valence-corrected chi connectivity index (χ3v) is 6.05. The van der Waals surface area contributed by atoms with E-state index in [0.717, 1.165) is 19.0 Å². The minimum atomic E-state index is 0.258. The summed E-state index contributed by atoms with van der Waals surface area (Å²) >= 11 is 0. The van der Waals surface area contributed by atoms with Crippen LogP contribution in [0.3, 0.4) is 0 Å². The molecule has 2 N–H and O–H groups in total. The van der Waals surface area contributed by atoms with Crippen molar-refractivity contribution >= 4 is 5.96 Å². The lowest BCUT2D eigenvalue weighted by atomic mass is 9.64. The SMILES string of the molecule is CCCN1CCC(NC(=NCC2(c3ccccc3)CCC2)NCC)CC1. The van der Waals surface area contributed by atoms with Gasteiger partial charge in [0.25, 0.3) is 0 Å². The summed E-state index contributed by atoms with van der Waals surface area (Å²) in [6.07, 6.45) is 7.53. The molecule has 0 radical (unpaired) electrons. The van der Waals surface area contributed by atoms with Crippen LogP contribution in [0.1, 0.15) is 57.9 Å². The van der Waals surface area contributed by atoms with Crippen molar-refractivity contribution in [1.29, 1.82) is 0 Å². The fourth-order valence-corrected chi connectivity index (χ4v) is 4.29. The van der Waals surface area contributed by atoms with Crippen LogP contribution in [0.5, 0.6) is 0 Å². The molecule has 1 aliphatic carbocycles. The fourth-order valence-electron chi connectivity index (χ4n) is 4.29. The molecule has 2 aliphatic rings. The van der Waals surface area contributed by atoms with Gasteiger partial charge < -0.3 is 15.5 Å². The molecule has 4 heteroatoms. The third kappa shape index (κ3) is 4.79. The van der Waals surface area contributed by atoms with Crippen LogP contribution in [-0.4, -0.2) is 49.6 Å². The van der Waals surface area contributed by atoms with E-state index in [1.807, 2.05) is 0 Å². The van der Waals surface area contributed by atoms with Crippen molar-refractivity contribution in [2.45, 2.75) is 63.8 Å². The first kappa shape index (κ1) is 19.2. The van der Waals surface area contributed by atoms with Crippen LogP contribution in [0, 0.1) is 0 Å². The second kappa shape index (κ2) is 9.40. The molecule has 0 aromatic heterocycles. The van der Waals surface area contributed by atoms with Crippen molar-refractivity contribution in [2.75, 3.05) is 32.7 Å². The molecule has 26 heavy (non-hydrogen) atoms. The average molecular weight is 357 g/mol. The molecule has 0 bridgehead atoms. The van der Waals surface area contributed by atoms with Crippen LogP contribution in [0.2, 0.25) is 0 Å². The zero-order valence-corrected chi connectivity index (χ0v) is 16.6. The van der Waals surface area contributed by atoms with Gasteiger partial charge in [0.1, 0.15) is 0 Å². The first-order valence-corrected chi connectivity index (χ1v) is 10.6. The van der Waals surface area contributed by atoms with Gasteiger partial charge in [0.05, 0.1) is 6.54 Å². The van der Waals surface area contributed by atoms with E-state index in [-0.39, 0.29) is 5.41 Å². The Morgan fingerprint density at radius 3 is 2.46 bits per heavy atom. The predicted octanol–water partition coefficient (Wildman–Crippen LogP) is 3.54. The van der Waals surface area contributed by atoms with Gasteiger partial charge in [-0.2, -0.15) is 0 Å². The Morgan fingerprint density at radius 1 is 1.15 bits per heavy atom. The lowest BCUT2D eigenvalue weighted by molar-refractivity contribution is 0.206. The van der Waals surface area contributed by atoms with Gasteiger partial charge in [0.15, 0.2) is 5.96 Å². The highest BCUT2D eigenvalue weighted by Crippen LogP contribution is 2.43. The largest absolute Gasteiger partial charge is 0.357 e. The Balaban J connectivity index is 1.59. The maximum Gasteiger partial charge on any atom is 0.191 e. The maximum absolute atomic E-state index is 5.01. The molecule has 2 fully saturated rings. The quantitative estimate of drug-likeness (QED) is 0.580. The van der Waals surface area contributed by atoms with E-state index in [1.54, 1.807) is 0 Å². The van der Waals surface area contributed by atoms with Crippen molar-refractivity contribution < 1.29 is 0 Å². The zero-order chi connectivity index (χ0) is 18.2. The van der Waals surface area contributed by atoms with Gasteiger partial charge in [0, 0.05) is 31.1 Å². The second-order valence-corrected chi connectivity index (χ2v) is 7.96. The Labute approximate surface area is 159 Å². The molecular formula is C22H36N4. The van der Waals surface area contributed by atoms with Crippen LogP contribution in [0.4, 0.5) is 0 Å². The molecular weight excluding hydrogens is 320 g/mol. The number of nitrogens with zero attached hydrogens (tertiary/aromatic N) is 2. The number of guanidine groups is 1. The number of benzene rings is 1. The average Bonchev–Trinajstić information content (AvgIpc) is 2.64. The summed E-state index contributed by atoms with van der Waals surface area (Å²) in [7, 11) is 0. The molecule has 0 atom stereocenters. The smallest absolute Gasteiger partial charge is 0.191 e. The van der Waals surface area contributed by atoms with Crippen LogP contribution in [-0.2, 0) is 5.41 Å². The molecule has 4 nitrogen and oxygen atoms in total. The zero-order valence-electron chi connectivity index (χ0n) is 16.6. The van der Waals surface area contributed by atoms with Gasteiger partial charge in [-0.3, -0.25) is 4.99 Å². The standard InChI is InChI=1S/C22H36N4/c1-3-15-26-16-11-20(12-17-26)25-21(23-4-2)24-18-22(13-8-14-22)19-9-6-5-7-10-19/h5-7,9-10,20H,3-4,8,11-18H2,1-2H3,(H2,23,24,25). The van der Waals surface area contributed by atoms with Gasteiger partial charge >= 0.3 is 0 Å². The summed E-state index contributed by atoms with van der Waals surface area (Å²) in [6.45, 7) is 9.87.